The van der Waals surface area contributed by atoms with Crippen LogP contribution in [0.15, 0.2) is 49.2 Å². The van der Waals surface area contributed by atoms with Crippen molar-refractivity contribution >= 4 is 17.7 Å². The smallest absolute Gasteiger partial charge is 0.231 e. The molecule has 0 bridgehead atoms. The fourth-order valence-corrected chi connectivity index (χ4v) is 2.68. The van der Waals surface area contributed by atoms with Crippen LogP contribution in [0.5, 0.6) is 0 Å². The molecule has 0 saturated heterocycles. The van der Waals surface area contributed by atoms with Crippen molar-refractivity contribution in [1.29, 1.82) is 0 Å². The number of nitrogens with zero attached hydrogens (tertiary/aromatic N) is 7. The molecule has 0 radical (unpaired) electrons. The van der Waals surface area contributed by atoms with E-state index in [1.807, 2.05) is 37.5 Å². The predicted octanol–water partition coefficient (Wildman–Crippen LogP) is 2.50. The average molecular weight is 379 g/mol. The number of rotatable bonds is 6. The van der Waals surface area contributed by atoms with E-state index in [2.05, 4.69) is 35.8 Å². The third-order valence-electron chi connectivity index (χ3n) is 4.10. The normalized spacial score (nSPS) is 10.8. The van der Waals surface area contributed by atoms with Gasteiger partial charge in [-0.2, -0.15) is 20.2 Å². The van der Waals surface area contributed by atoms with E-state index in [4.69, 9.17) is 0 Å². The molecule has 0 aliphatic heterocycles. The van der Waals surface area contributed by atoms with Crippen molar-refractivity contribution in [1.82, 2.24) is 34.5 Å². The maximum absolute atomic E-state index is 14.1. The minimum absolute atomic E-state index is 0.103. The van der Waals surface area contributed by atoms with E-state index in [1.165, 1.54) is 11.0 Å². The Kier molecular flexibility index (Phi) is 4.67. The zero-order valence-corrected chi connectivity index (χ0v) is 15.3. The Morgan fingerprint density at radius 2 is 1.96 bits per heavy atom. The van der Waals surface area contributed by atoms with Crippen LogP contribution in [0.1, 0.15) is 5.56 Å². The second-order valence-corrected chi connectivity index (χ2v) is 6.18. The molecule has 0 amide bonds. The minimum Gasteiger partial charge on any atom is -0.363 e. The third-order valence-corrected chi connectivity index (χ3v) is 4.10. The monoisotopic (exact) mass is 379 g/mol. The molecule has 1 aromatic carbocycles. The highest BCUT2D eigenvalue weighted by molar-refractivity contribution is 5.62. The molecule has 4 aromatic rings. The lowest BCUT2D eigenvalue weighted by molar-refractivity contribution is 0.617. The number of nitrogens with one attached hydrogen (secondary N) is 2. The van der Waals surface area contributed by atoms with Crippen LogP contribution >= 0.6 is 0 Å². The lowest BCUT2D eigenvalue weighted by Gasteiger charge is -2.10. The van der Waals surface area contributed by atoms with Gasteiger partial charge in [-0.3, -0.25) is 10.00 Å². The molecule has 142 valence electrons. The predicted molar refractivity (Wildman–Crippen MR) is 102 cm³/mol. The highest BCUT2D eigenvalue weighted by atomic mass is 19.1. The Morgan fingerprint density at radius 1 is 1.07 bits per heavy atom. The number of aryl methyl sites for hydroxylation is 2. The van der Waals surface area contributed by atoms with Gasteiger partial charge in [-0.05, 0) is 17.2 Å². The van der Waals surface area contributed by atoms with E-state index in [0.29, 0.717) is 12.5 Å². The number of halogens is 1. The van der Waals surface area contributed by atoms with Crippen molar-refractivity contribution in [3.63, 3.8) is 0 Å². The molecule has 0 spiro atoms. The molecule has 9 nitrogen and oxygen atoms in total. The quantitative estimate of drug-likeness (QED) is 0.531. The van der Waals surface area contributed by atoms with Gasteiger partial charge >= 0.3 is 0 Å². The average Bonchev–Trinajstić information content (AvgIpc) is 3.31. The topological polar surface area (TPSA) is 98.4 Å². The highest BCUT2D eigenvalue weighted by Gasteiger charge is 2.09. The Labute approximate surface area is 160 Å². The fourth-order valence-electron chi connectivity index (χ4n) is 2.68. The van der Waals surface area contributed by atoms with Gasteiger partial charge in [-0.1, -0.05) is 18.2 Å². The van der Waals surface area contributed by atoms with E-state index in [-0.39, 0.29) is 11.8 Å². The molecule has 10 heteroatoms. The second-order valence-electron chi connectivity index (χ2n) is 6.18. The minimum atomic E-state index is -0.535. The first-order valence-corrected chi connectivity index (χ1v) is 8.54. The summed E-state index contributed by atoms with van der Waals surface area (Å²) in [4.78, 5) is 12.2. The van der Waals surface area contributed by atoms with Crippen LogP contribution in [-0.2, 0) is 20.6 Å². The van der Waals surface area contributed by atoms with Crippen molar-refractivity contribution in [3.8, 4) is 11.1 Å². The van der Waals surface area contributed by atoms with Gasteiger partial charge in [-0.15, -0.1) is 0 Å². The number of benzene rings is 1. The SMILES string of the molecule is Cn1cc(-c2cccc(CNc3nc(Nc4ncnn4C)ncc3F)c2)cn1. The summed E-state index contributed by atoms with van der Waals surface area (Å²) in [6.07, 6.45) is 6.27. The molecule has 28 heavy (non-hydrogen) atoms. The van der Waals surface area contributed by atoms with Crippen LogP contribution in [0.2, 0.25) is 0 Å². The first-order valence-electron chi connectivity index (χ1n) is 8.54. The Bertz CT molecular complexity index is 1100. The largest absolute Gasteiger partial charge is 0.363 e. The Balaban J connectivity index is 1.49. The number of aromatic nitrogens is 7. The second kappa shape index (κ2) is 7.43. The standard InChI is InChI=1S/C18H18FN9/c1-27-10-14(8-23-27)13-5-3-4-12(6-13)7-20-16-15(19)9-21-17(25-16)26-18-22-11-24-28(18)2/h3-6,8-11H,7H2,1-2H3,(H2,20,21,22,24,25,26). The summed E-state index contributed by atoms with van der Waals surface area (Å²) in [7, 11) is 3.60. The molecule has 3 heterocycles. The zero-order chi connectivity index (χ0) is 19.5. The van der Waals surface area contributed by atoms with Gasteiger partial charge in [0.1, 0.15) is 6.33 Å². The molecule has 0 aliphatic carbocycles. The van der Waals surface area contributed by atoms with E-state index in [9.17, 15) is 4.39 Å². The summed E-state index contributed by atoms with van der Waals surface area (Å²) in [6, 6.07) is 7.96. The number of hydrogen-bond acceptors (Lipinski definition) is 7. The van der Waals surface area contributed by atoms with Crippen molar-refractivity contribution in [2.75, 3.05) is 10.6 Å². The summed E-state index contributed by atoms with van der Waals surface area (Å²) in [5.41, 5.74) is 3.05. The van der Waals surface area contributed by atoms with Crippen LogP contribution in [0.3, 0.4) is 0 Å². The summed E-state index contributed by atoms with van der Waals surface area (Å²) >= 11 is 0. The van der Waals surface area contributed by atoms with Crippen molar-refractivity contribution in [2.24, 2.45) is 14.1 Å². The lowest BCUT2D eigenvalue weighted by Crippen LogP contribution is -2.08. The third kappa shape index (κ3) is 3.80. The van der Waals surface area contributed by atoms with E-state index in [0.717, 1.165) is 22.9 Å². The highest BCUT2D eigenvalue weighted by Crippen LogP contribution is 2.21. The molecule has 4 rings (SSSR count). The van der Waals surface area contributed by atoms with Crippen LogP contribution in [-0.4, -0.2) is 34.5 Å². The first-order chi connectivity index (χ1) is 13.6. The number of hydrogen-bond donors (Lipinski definition) is 2. The van der Waals surface area contributed by atoms with Crippen LogP contribution < -0.4 is 10.6 Å². The lowest BCUT2D eigenvalue weighted by atomic mass is 10.1. The van der Waals surface area contributed by atoms with Gasteiger partial charge in [0, 0.05) is 32.4 Å². The first kappa shape index (κ1) is 17.6. The molecule has 0 saturated carbocycles. The van der Waals surface area contributed by atoms with Crippen molar-refractivity contribution in [2.45, 2.75) is 6.54 Å². The van der Waals surface area contributed by atoms with E-state index >= 15 is 0 Å². The molecule has 0 atom stereocenters. The van der Waals surface area contributed by atoms with Gasteiger partial charge in [0.2, 0.25) is 11.9 Å². The number of anilines is 3. The molecule has 0 aliphatic rings. The summed E-state index contributed by atoms with van der Waals surface area (Å²) in [5.74, 6) is 0.254. The fraction of sp³-hybridized carbons (Fsp3) is 0.167. The van der Waals surface area contributed by atoms with Gasteiger partial charge in [0.05, 0.1) is 12.4 Å². The molecule has 0 fully saturated rings. The maximum atomic E-state index is 14.1. The maximum Gasteiger partial charge on any atom is 0.231 e. The molecule has 0 unspecified atom stereocenters. The van der Waals surface area contributed by atoms with E-state index in [1.54, 1.807) is 17.9 Å². The molecule has 3 aromatic heterocycles. The summed E-state index contributed by atoms with van der Waals surface area (Å²) in [6.45, 7) is 0.408. The van der Waals surface area contributed by atoms with Gasteiger partial charge in [0.25, 0.3) is 0 Å². The van der Waals surface area contributed by atoms with Crippen LogP contribution in [0.25, 0.3) is 11.1 Å². The van der Waals surface area contributed by atoms with Gasteiger partial charge in [-0.25, -0.2) is 14.1 Å². The van der Waals surface area contributed by atoms with Gasteiger partial charge < -0.3 is 5.32 Å². The summed E-state index contributed by atoms with van der Waals surface area (Å²) < 4.78 is 17.4. The molecular weight excluding hydrogens is 361 g/mol. The molecular formula is C18H18FN9. The Hall–Kier alpha value is -3.82. The summed E-state index contributed by atoms with van der Waals surface area (Å²) in [5, 5.41) is 14.1. The van der Waals surface area contributed by atoms with E-state index < -0.39 is 5.82 Å². The van der Waals surface area contributed by atoms with Gasteiger partial charge in [0.15, 0.2) is 11.6 Å². The van der Waals surface area contributed by atoms with Crippen molar-refractivity contribution < 1.29 is 4.39 Å². The Morgan fingerprint density at radius 3 is 2.71 bits per heavy atom. The van der Waals surface area contributed by atoms with Crippen molar-refractivity contribution in [3.05, 3.63) is 60.6 Å². The zero-order valence-electron chi connectivity index (χ0n) is 15.3. The van der Waals surface area contributed by atoms with Crippen LogP contribution in [0, 0.1) is 5.82 Å². The van der Waals surface area contributed by atoms with Crippen LogP contribution in [0.4, 0.5) is 22.1 Å². The molecule has 2 N–H and O–H groups in total.